The maximum atomic E-state index is 12.4. The first-order valence-electron chi connectivity index (χ1n) is 9.07. The van der Waals surface area contributed by atoms with Gasteiger partial charge in [-0.25, -0.2) is 4.79 Å². The molecule has 8 nitrogen and oxygen atoms in total. The van der Waals surface area contributed by atoms with Crippen LogP contribution in [0.5, 0.6) is 5.75 Å². The predicted molar refractivity (Wildman–Crippen MR) is 105 cm³/mol. The summed E-state index contributed by atoms with van der Waals surface area (Å²) in [5.74, 6) is -1.23. The molecule has 1 atom stereocenters. The zero-order chi connectivity index (χ0) is 21.2. The van der Waals surface area contributed by atoms with E-state index < -0.39 is 23.9 Å². The molecule has 0 aliphatic rings. The van der Waals surface area contributed by atoms with Crippen molar-refractivity contribution in [1.29, 1.82) is 0 Å². The third-order valence-corrected chi connectivity index (χ3v) is 3.97. The number of hydrazine groups is 1. The second-order valence-corrected chi connectivity index (χ2v) is 6.02. The van der Waals surface area contributed by atoms with Crippen LogP contribution in [0.4, 0.5) is 0 Å². The number of esters is 1. The van der Waals surface area contributed by atoms with Crippen LogP contribution in [-0.2, 0) is 20.9 Å². The van der Waals surface area contributed by atoms with Crippen molar-refractivity contribution in [3.8, 4) is 5.75 Å². The Bertz CT molecular complexity index is 854. The molecule has 0 fully saturated rings. The number of carbonyl (C=O) groups is 3. The third-order valence-electron chi connectivity index (χ3n) is 3.97. The predicted octanol–water partition coefficient (Wildman–Crippen LogP) is 2.24. The van der Waals surface area contributed by atoms with Gasteiger partial charge in [0.2, 0.25) is 0 Å². The summed E-state index contributed by atoms with van der Waals surface area (Å²) in [7, 11) is 1.53. The fraction of sp³-hybridized carbons (Fsp3) is 0.286. The molecule has 0 aliphatic heterocycles. The van der Waals surface area contributed by atoms with Crippen LogP contribution in [0.1, 0.15) is 40.1 Å². The van der Waals surface area contributed by atoms with Crippen molar-refractivity contribution in [3.05, 3.63) is 65.2 Å². The quantitative estimate of drug-likeness (QED) is 0.520. The van der Waals surface area contributed by atoms with Crippen molar-refractivity contribution in [1.82, 2.24) is 10.9 Å². The number of amides is 2. The number of benzene rings is 2. The zero-order valence-corrected chi connectivity index (χ0v) is 16.6. The lowest BCUT2D eigenvalue weighted by atomic mass is 10.1. The van der Waals surface area contributed by atoms with Gasteiger partial charge in [-0.3, -0.25) is 20.4 Å². The smallest absolute Gasteiger partial charge is 0.338 e. The van der Waals surface area contributed by atoms with Gasteiger partial charge >= 0.3 is 5.97 Å². The molecule has 2 amide bonds. The molecule has 0 aliphatic carbocycles. The average Bonchev–Trinajstić information content (AvgIpc) is 2.75. The van der Waals surface area contributed by atoms with Gasteiger partial charge in [0.25, 0.3) is 11.8 Å². The molecule has 0 saturated heterocycles. The molecule has 8 heteroatoms. The molecule has 2 aromatic carbocycles. The van der Waals surface area contributed by atoms with Crippen LogP contribution in [0, 0.1) is 0 Å². The molecular formula is C21H24N2O6. The summed E-state index contributed by atoms with van der Waals surface area (Å²) >= 11 is 0. The number of hydrogen-bond donors (Lipinski definition) is 2. The summed E-state index contributed by atoms with van der Waals surface area (Å²) < 4.78 is 15.8. The molecule has 0 bridgehead atoms. The van der Waals surface area contributed by atoms with Gasteiger partial charge in [-0.05, 0) is 44.2 Å². The molecule has 0 spiro atoms. The molecule has 0 heterocycles. The van der Waals surface area contributed by atoms with Gasteiger partial charge < -0.3 is 14.2 Å². The maximum absolute atomic E-state index is 12.4. The van der Waals surface area contributed by atoms with Crippen molar-refractivity contribution in [3.63, 3.8) is 0 Å². The first kappa shape index (κ1) is 21.9. The topological polar surface area (TPSA) is 103 Å². The molecule has 29 heavy (non-hydrogen) atoms. The Kier molecular flexibility index (Phi) is 8.17. The van der Waals surface area contributed by atoms with Gasteiger partial charge in [0.15, 0.2) is 6.10 Å². The molecule has 0 aromatic heterocycles. The van der Waals surface area contributed by atoms with Crippen molar-refractivity contribution < 1.29 is 28.6 Å². The minimum atomic E-state index is -1.11. The lowest BCUT2D eigenvalue weighted by Gasteiger charge is -2.15. The van der Waals surface area contributed by atoms with Crippen LogP contribution in [0.3, 0.4) is 0 Å². The molecule has 0 radical (unpaired) electrons. The van der Waals surface area contributed by atoms with Gasteiger partial charge in [0.1, 0.15) is 5.75 Å². The number of carbonyl (C=O) groups excluding carboxylic acids is 3. The molecular weight excluding hydrogens is 376 g/mol. The fourth-order valence-corrected chi connectivity index (χ4v) is 2.39. The van der Waals surface area contributed by atoms with Gasteiger partial charge in [-0.15, -0.1) is 0 Å². The lowest BCUT2D eigenvalue weighted by Crippen LogP contribution is -2.46. The first-order valence-corrected chi connectivity index (χ1v) is 9.07. The highest BCUT2D eigenvalue weighted by molar-refractivity contribution is 5.96. The summed E-state index contributed by atoms with van der Waals surface area (Å²) in [5, 5.41) is 0. The third kappa shape index (κ3) is 6.32. The summed E-state index contributed by atoms with van der Waals surface area (Å²) in [6.07, 6.45) is -1.11. The van der Waals surface area contributed by atoms with Gasteiger partial charge in [0, 0.05) is 17.7 Å². The SMILES string of the molecule is CCOCc1cc(C(=O)O[C@H](C)C(=O)NNC(=O)c2ccccc2)ccc1OC. The minimum Gasteiger partial charge on any atom is -0.496 e. The Balaban J connectivity index is 1.93. The summed E-state index contributed by atoms with van der Waals surface area (Å²) in [6.45, 7) is 4.07. The van der Waals surface area contributed by atoms with E-state index in [1.54, 1.807) is 48.5 Å². The molecule has 0 saturated carbocycles. The normalized spacial score (nSPS) is 11.3. The monoisotopic (exact) mass is 400 g/mol. The van der Waals surface area contributed by atoms with Gasteiger partial charge in [-0.1, -0.05) is 18.2 Å². The Morgan fingerprint density at radius 1 is 1.00 bits per heavy atom. The van der Waals surface area contributed by atoms with E-state index in [9.17, 15) is 14.4 Å². The average molecular weight is 400 g/mol. The van der Waals surface area contributed by atoms with Crippen LogP contribution < -0.4 is 15.6 Å². The number of ether oxygens (including phenoxy) is 3. The van der Waals surface area contributed by atoms with Crippen molar-refractivity contribution >= 4 is 17.8 Å². The van der Waals surface area contributed by atoms with Crippen LogP contribution >= 0.6 is 0 Å². The minimum absolute atomic E-state index is 0.258. The van der Waals surface area contributed by atoms with E-state index in [2.05, 4.69) is 10.9 Å². The number of nitrogens with one attached hydrogen (secondary N) is 2. The Hall–Kier alpha value is -3.39. The van der Waals surface area contributed by atoms with E-state index in [1.165, 1.54) is 14.0 Å². The van der Waals surface area contributed by atoms with Crippen LogP contribution in [-0.4, -0.2) is 37.6 Å². The van der Waals surface area contributed by atoms with E-state index in [4.69, 9.17) is 14.2 Å². The molecule has 154 valence electrons. The Morgan fingerprint density at radius 3 is 2.38 bits per heavy atom. The van der Waals surface area contributed by atoms with E-state index in [0.29, 0.717) is 23.5 Å². The second-order valence-electron chi connectivity index (χ2n) is 6.02. The Labute approximate surface area is 169 Å². The number of methoxy groups -OCH3 is 1. The maximum Gasteiger partial charge on any atom is 0.338 e. The van der Waals surface area contributed by atoms with Crippen LogP contribution in [0.2, 0.25) is 0 Å². The van der Waals surface area contributed by atoms with E-state index in [0.717, 1.165) is 0 Å². The zero-order valence-electron chi connectivity index (χ0n) is 16.6. The molecule has 0 unspecified atom stereocenters. The van der Waals surface area contributed by atoms with Crippen LogP contribution in [0.15, 0.2) is 48.5 Å². The first-order chi connectivity index (χ1) is 14.0. The van der Waals surface area contributed by atoms with Gasteiger partial charge in [0.05, 0.1) is 19.3 Å². The number of rotatable bonds is 8. The number of hydrogen-bond acceptors (Lipinski definition) is 6. The van der Waals surface area contributed by atoms with E-state index in [-0.39, 0.29) is 12.2 Å². The largest absolute Gasteiger partial charge is 0.496 e. The lowest BCUT2D eigenvalue weighted by molar-refractivity contribution is -0.129. The Morgan fingerprint density at radius 2 is 1.72 bits per heavy atom. The standard InChI is InChI=1S/C21H24N2O6/c1-4-28-13-17-12-16(10-11-18(17)27-3)21(26)29-14(2)19(24)22-23-20(25)15-8-6-5-7-9-15/h5-12,14H,4,13H2,1-3H3,(H,22,24)(H,23,25)/t14-/m1/s1. The second kappa shape index (κ2) is 10.8. The summed E-state index contributed by atoms with van der Waals surface area (Å²) in [5.41, 5.74) is 5.85. The summed E-state index contributed by atoms with van der Waals surface area (Å²) in [6, 6.07) is 13.2. The van der Waals surface area contributed by atoms with Crippen LogP contribution in [0.25, 0.3) is 0 Å². The summed E-state index contributed by atoms with van der Waals surface area (Å²) in [4.78, 5) is 36.4. The van der Waals surface area contributed by atoms with E-state index >= 15 is 0 Å². The molecule has 2 rings (SSSR count). The van der Waals surface area contributed by atoms with Crippen molar-refractivity contribution in [2.75, 3.05) is 13.7 Å². The molecule has 2 N–H and O–H groups in total. The van der Waals surface area contributed by atoms with Crippen molar-refractivity contribution in [2.45, 2.75) is 26.6 Å². The van der Waals surface area contributed by atoms with E-state index in [1.807, 2.05) is 6.92 Å². The fourth-order valence-electron chi connectivity index (χ4n) is 2.39. The highest BCUT2D eigenvalue weighted by Gasteiger charge is 2.20. The van der Waals surface area contributed by atoms with Crippen molar-refractivity contribution in [2.24, 2.45) is 0 Å². The van der Waals surface area contributed by atoms with Gasteiger partial charge in [-0.2, -0.15) is 0 Å². The highest BCUT2D eigenvalue weighted by atomic mass is 16.5. The molecule has 2 aromatic rings. The highest BCUT2D eigenvalue weighted by Crippen LogP contribution is 2.21.